The molecule has 0 saturated heterocycles. The summed E-state index contributed by atoms with van der Waals surface area (Å²) in [7, 11) is 1.73. The SMILES string of the molecule is CC.CC.COC(CNCCc1ccc(NC(=O)C2CCc3nccc(=O)n32)cc1)c1ccccc1. The molecule has 36 heavy (non-hydrogen) atoms. The normalized spacial score (nSPS) is 14.4. The molecule has 1 amide bonds. The van der Waals surface area contributed by atoms with Gasteiger partial charge in [0.15, 0.2) is 0 Å². The summed E-state index contributed by atoms with van der Waals surface area (Å²) >= 11 is 0. The molecule has 0 fully saturated rings. The zero-order valence-corrected chi connectivity index (χ0v) is 22.2. The van der Waals surface area contributed by atoms with E-state index in [0.29, 0.717) is 18.7 Å². The Morgan fingerprint density at radius 3 is 2.42 bits per heavy atom. The lowest BCUT2D eigenvalue weighted by molar-refractivity contribution is -0.119. The van der Waals surface area contributed by atoms with Crippen molar-refractivity contribution < 1.29 is 9.53 Å². The molecule has 1 aliphatic rings. The van der Waals surface area contributed by atoms with Crippen LogP contribution in [-0.2, 0) is 22.4 Å². The fourth-order valence-electron chi connectivity index (χ4n) is 4.07. The molecule has 194 valence electrons. The molecule has 0 aliphatic carbocycles. The van der Waals surface area contributed by atoms with E-state index < -0.39 is 6.04 Å². The Bertz CT molecular complexity index is 1100. The number of hydrogen-bond donors (Lipinski definition) is 2. The van der Waals surface area contributed by atoms with Gasteiger partial charge in [0.1, 0.15) is 11.9 Å². The monoisotopic (exact) mass is 492 g/mol. The largest absolute Gasteiger partial charge is 0.375 e. The number of carbonyl (C=O) groups excluding carboxylic acids is 1. The van der Waals surface area contributed by atoms with Crippen LogP contribution in [0.1, 0.15) is 63.2 Å². The first-order valence-electron chi connectivity index (χ1n) is 12.9. The van der Waals surface area contributed by atoms with Crippen LogP contribution in [-0.4, -0.2) is 35.7 Å². The van der Waals surface area contributed by atoms with Crippen LogP contribution in [0.15, 0.2) is 71.7 Å². The Morgan fingerprint density at radius 1 is 1.06 bits per heavy atom. The molecule has 1 aromatic heterocycles. The third kappa shape index (κ3) is 7.86. The molecule has 1 aliphatic heterocycles. The van der Waals surface area contributed by atoms with Crippen LogP contribution in [0.2, 0.25) is 0 Å². The summed E-state index contributed by atoms with van der Waals surface area (Å²) in [6.45, 7) is 9.57. The van der Waals surface area contributed by atoms with Crippen molar-refractivity contribution in [2.75, 3.05) is 25.5 Å². The molecule has 2 aromatic carbocycles. The van der Waals surface area contributed by atoms with Crippen molar-refractivity contribution in [2.24, 2.45) is 0 Å². The van der Waals surface area contributed by atoms with Gasteiger partial charge in [-0.05, 0) is 42.6 Å². The number of nitrogens with one attached hydrogen (secondary N) is 2. The maximum absolute atomic E-state index is 12.7. The molecule has 2 unspecified atom stereocenters. The summed E-state index contributed by atoms with van der Waals surface area (Å²) in [5, 5.41) is 6.38. The first-order valence-corrected chi connectivity index (χ1v) is 12.9. The Balaban J connectivity index is 0.00000109. The number of amides is 1. The summed E-state index contributed by atoms with van der Waals surface area (Å²) in [5.41, 5.74) is 2.88. The highest BCUT2D eigenvalue weighted by atomic mass is 16.5. The van der Waals surface area contributed by atoms with E-state index in [0.717, 1.165) is 30.8 Å². The first-order chi connectivity index (χ1) is 17.7. The number of ether oxygens (including phenoxy) is 1. The zero-order chi connectivity index (χ0) is 26.3. The van der Waals surface area contributed by atoms with Gasteiger partial charge >= 0.3 is 0 Å². The quantitative estimate of drug-likeness (QED) is 0.413. The second-order valence-electron chi connectivity index (χ2n) is 7.90. The minimum atomic E-state index is -0.506. The number of aromatic nitrogens is 2. The molecule has 2 atom stereocenters. The van der Waals surface area contributed by atoms with E-state index in [1.807, 2.05) is 70.2 Å². The second kappa shape index (κ2) is 15.7. The van der Waals surface area contributed by atoms with E-state index in [1.165, 1.54) is 22.4 Å². The predicted octanol–water partition coefficient (Wildman–Crippen LogP) is 4.94. The molecular weight excluding hydrogens is 452 g/mol. The maximum atomic E-state index is 12.7. The highest BCUT2D eigenvalue weighted by molar-refractivity contribution is 5.94. The van der Waals surface area contributed by atoms with Gasteiger partial charge in [-0.1, -0.05) is 70.2 Å². The Morgan fingerprint density at radius 2 is 1.75 bits per heavy atom. The number of fused-ring (bicyclic) bond motifs is 1. The topological polar surface area (TPSA) is 85.2 Å². The van der Waals surface area contributed by atoms with E-state index in [2.05, 4.69) is 27.8 Å². The molecule has 0 radical (unpaired) electrons. The van der Waals surface area contributed by atoms with Gasteiger partial charge in [0, 0.05) is 38.0 Å². The number of nitrogens with zero attached hydrogens (tertiary/aromatic N) is 2. The van der Waals surface area contributed by atoms with Gasteiger partial charge in [-0.25, -0.2) is 4.98 Å². The average Bonchev–Trinajstić information content (AvgIpc) is 3.38. The fraction of sp³-hybridized carbons (Fsp3) is 0.414. The molecule has 0 bridgehead atoms. The first kappa shape index (κ1) is 28.9. The van der Waals surface area contributed by atoms with Crippen molar-refractivity contribution in [1.82, 2.24) is 14.9 Å². The zero-order valence-electron chi connectivity index (χ0n) is 22.2. The van der Waals surface area contributed by atoms with Crippen molar-refractivity contribution in [3.63, 3.8) is 0 Å². The minimum absolute atomic E-state index is 0.0252. The maximum Gasteiger partial charge on any atom is 0.254 e. The third-order valence-electron chi connectivity index (χ3n) is 5.81. The molecule has 3 aromatic rings. The highest BCUT2D eigenvalue weighted by Gasteiger charge is 2.29. The molecule has 7 heteroatoms. The number of anilines is 1. The smallest absolute Gasteiger partial charge is 0.254 e. The number of hydrogen-bond acceptors (Lipinski definition) is 5. The van der Waals surface area contributed by atoms with Gasteiger partial charge in [0.25, 0.3) is 5.56 Å². The van der Waals surface area contributed by atoms with E-state index in [-0.39, 0.29) is 17.6 Å². The minimum Gasteiger partial charge on any atom is -0.375 e. The van der Waals surface area contributed by atoms with Crippen LogP contribution in [0.3, 0.4) is 0 Å². The van der Waals surface area contributed by atoms with Crippen molar-refractivity contribution >= 4 is 11.6 Å². The molecule has 2 N–H and O–H groups in total. The summed E-state index contributed by atoms with van der Waals surface area (Å²) < 4.78 is 7.08. The van der Waals surface area contributed by atoms with Gasteiger partial charge in [-0.15, -0.1) is 0 Å². The van der Waals surface area contributed by atoms with Crippen LogP contribution >= 0.6 is 0 Å². The van der Waals surface area contributed by atoms with Crippen LogP contribution in [0.5, 0.6) is 0 Å². The van der Waals surface area contributed by atoms with Gasteiger partial charge in [-0.2, -0.15) is 0 Å². The summed E-state index contributed by atoms with van der Waals surface area (Å²) in [4.78, 5) is 29.0. The van der Waals surface area contributed by atoms with E-state index in [1.54, 1.807) is 7.11 Å². The lowest BCUT2D eigenvalue weighted by Gasteiger charge is -2.16. The molecular formula is C29H40N4O3. The number of carbonyl (C=O) groups is 1. The van der Waals surface area contributed by atoms with E-state index >= 15 is 0 Å². The predicted molar refractivity (Wildman–Crippen MR) is 146 cm³/mol. The third-order valence-corrected chi connectivity index (χ3v) is 5.81. The van der Waals surface area contributed by atoms with Crippen LogP contribution in [0, 0.1) is 0 Å². The molecule has 0 spiro atoms. The summed E-state index contributed by atoms with van der Waals surface area (Å²) in [6, 6.07) is 18.9. The lowest BCUT2D eigenvalue weighted by atomic mass is 10.1. The molecule has 2 heterocycles. The van der Waals surface area contributed by atoms with Crippen LogP contribution in [0.4, 0.5) is 5.69 Å². The Hall–Kier alpha value is -3.29. The van der Waals surface area contributed by atoms with Crippen molar-refractivity contribution in [3.8, 4) is 0 Å². The number of rotatable bonds is 9. The van der Waals surface area contributed by atoms with Crippen LogP contribution < -0.4 is 16.2 Å². The van der Waals surface area contributed by atoms with E-state index in [9.17, 15) is 9.59 Å². The molecule has 0 saturated carbocycles. The van der Waals surface area contributed by atoms with E-state index in [4.69, 9.17) is 4.74 Å². The number of benzene rings is 2. The molecule has 7 nitrogen and oxygen atoms in total. The number of methoxy groups -OCH3 is 1. The van der Waals surface area contributed by atoms with Crippen molar-refractivity contribution in [2.45, 2.75) is 59.1 Å². The number of aryl methyl sites for hydroxylation is 1. The Labute approximate surface area is 214 Å². The lowest BCUT2D eigenvalue weighted by Crippen LogP contribution is -2.31. The van der Waals surface area contributed by atoms with Crippen molar-refractivity contribution in [3.05, 3.63) is 94.2 Å². The van der Waals surface area contributed by atoms with Crippen molar-refractivity contribution in [1.29, 1.82) is 0 Å². The van der Waals surface area contributed by atoms with Gasteiger partial charge in [0.2, 0.25) is 5.91 Å². The van der Waals surface area contributed by atoms with Crippen LogP contribution in [0.25, 0.3) is 0 Å². The van der Waals surface area contributed by atoms with Gasteiger partial charge < -0.3 is 15.4 Å². The second-order valence-corrected chi connectivity index (χ2v) is 7.90. The van der Waals surface area contributed by atoms with Gasteiger partial charge in [-0.3, -0.25) is 14.2 Å². The fourth-order valence-corrected chi connectivity index (χ4v) is 4.07. The highest BCUT2D eigenvalue weighted by Crippen LogP contribution is 2.23. The Kier molecular flexibility index (Phi) is 12.6. The average molecular weight is 493 g/mol. The standard InChI is InChI=1S/C25H28N4O3.2C2H6/c1-32-22(19-5-3-2-4-6-19)17-26-15-13-18-7-9-20(10-8-18)28-25(31)21-11-12-23-27-16-14-24(30)29(21)23;2*1-2/h2-10,14,16,21-22,26H,11-13,15,17H2,1H3,(H,28,31);2*1-2H3. The summed E-state index contributed by atoms with van der Waals surface area (Å²) in [5.74, 6) is 0.489. The van der Waals surface area contributed by atoms with Gasteiger partial charge in [0.05, 0.1) is 6.10 Å². The molecule has 4 rings (SSSR count). The summed E-state index contributed by atoms with van der Waals surface area (Å²) in [6.07, 6.45) is 3.62.